The summed E-state index contributed by atoms with van der Waals surface area (Å²) in [6.07, 6.45) is 4.76. The highest BCUT2D eigenvalue weighted by atomic mass is 16.4. The number of carbonyl (C=O) groups is 2. The number of rotatable bonds is 3. The molecule has 1 fully saturated rings. The van der Waals surface area contributed by atoms with Crippen molar-refractivity contribution >= 4 is 17.6 Å². The first-order valence-corrected chi connectivity index (χ1v) is 7.24. The Labute approximate surface area is 124 Å². The van der Waals surface area contributed by atoms with Crippen LogP contribution in [0.15, 0.2) is 36.4 Å². The Balaban J connectivity index is 1.87. The van der Waals surface area contributed by atoms with Crippen molar-refractivity contribution in [3.63, 3.8) is 0 Å². The number of anilines is 1. The van der Waals surface area contributed by atoms with Gasteiger partial charge in [-0.15, -0.1) is 0 Å². The standard InChI is InChI=1S/C17H19NO3/c1-10-4-3-5-13(8-10)18(2)16(19)14-11-6-7-12(9-11)15(14)17(20)21/h3-8,11-12,14-15H,9H2,1-2H3,(H,20,21)/t11?,12?,14-,15+/m0/s1. The van der Waals surface area contributed by atoms with E-state index in [0.29, 0.717) is 0 Å². The van der Waals surface area contributed by atoms with E-state index in [1.807, 2.05) is 43.3 Å². The average molecular weight is 285 g/mol. The molecule has 1 saturated carbocycles. The molecule has 21 heavy (non-hydrogen) atoms. The van der Waals surface area contributed by atoms with Gasteiger partial charge in [0.1, 0.15) is 0 Å². The molecule has 110 valence electrons. The van der Waals surface area contributed by atoms with Crippen molar-refractivity contribution in [2.45, 2.75) is 13.3 Å². The summed E-state index contributed by atoms with van der Waals surface area (Å²) in [5.74, 6) is -1.90. The third kappa shape index (κ3) is 2.24. The molecule has 1 aromatic rings. The largest absolute Gasteiger partial charge is 0.481 e. The third-order valence-corrected chi connectivity index (χ3v) is 4.75. The van der Waals surface area contributed by atoms with Crippen LogP contribution >= 0.6 is 0 Å². The van der Waals surface area contributed by atoms with Crippen molar-refractivity contribution < 1.29 is 14.7 Å². The van der Waals surface area contributed by atoms with E-state index < -0.39 is 17.8 Å². The number of aryl methyl sites for hydroxylation is 1. The summed E-state index contributed by atoms with van der Waals surface area (Å²) in [6.45, 7) is 1.97. The number of allylic oxidation sites excluding steroid dienone is 2. The molecule has 3 rings (SSSR count). The molecule has 2 aliphatic rings. The van der Waals surface area contributed by atoms with Gasteiger partial charge < -0.3 is 10.0 Å². The lowest BCUT2D eigenvalue weighted by molar-refractivity contribution is -0.147. The maximum Gasteiger partial charge on any atom is 0.307 e. The summed E-state index contributed by atoms with van der Waals surface area (Å²) in [6, 6.07) is 7.70. The number of hydrogen-bond acceptors (Lipinski definition) is 2. The molecule has 0 aliphatic heterocycles. The molecule has 0 radical (unpaired) electrons. The molecule has 2 bridgehead atoms. The van der Waals surface area contributed by atoms with E-state index in [1.54, 1.807) is 11.9 Å². The number of benzene rings is 1. The van der Waals surface area contributed by atoms with Gasteiger partial charge in [-0.2, -0.15) is 0 Å². The Hall–Kier alpha value is -2.10. The van der Waals surface area contributed by atoms with E-state index >= 15 is 0 Å². The molecule has 4 atom stereocenters. The van der Waals surface area contributed by atoms with Crippen LogP contribution in [0.3, 0.4) is 0 Å². The molecule has 1 N–H and O–H groups in total. The molecule has 0 aromatic heterocycles. The van der Waals surface area contributed by atoms with Crippen molar-refractivity contribution in [2.24, 2.45) is 23.7 Å². The van der Waals surface area contributed by atoms with Gasteiger partial charge in [0.25, 0.3) is 0 Å². The van der Waals surface area contributed by atoms with E-state index in [0.717, 1.165) is 17.7 Å². The molecular weight excluding hydrogens is 266 g/mol. The number of carboxylic acids is 1. The first-order valence-electron chi connectivity index (χ1n) is 7.24. The van der Waals surface area contributed by atoms with Gasteiger partial charge in [0.15, 0.2) is 0 Å². The lowest BCUT2D eigenvalue weighted by Gasteiger charge is -2.28. The first-order chi connectivity index (χ1) is 9.99. The monoisotopic (exact) mass is 285 g/mol. The molecule has 1 aromatic carbocycles. The normalized spacial score (nSPS) is 29.6. The third-order valence-electron chi connectivity index (χ3n) is 4.75. The Kier molecular flexibility index (Phi) is 3.32. The van der Waals surface area contributed by atoms with Crippen molar-refractivity contribution in [3.05, 3.63) is 42.0 Å². The second kappa shape index (κ2) is 5.02. The highest BCUT2D eigenvalue weighted by Gasteiger charge is 2.52. The minimum absolute atomic E-state index is 0.00681. The Morgan fingerprint density at radius 3 is 2.48 bits per heavy atom. The number of amides is 1. The van der Waals surface area contributed by atoms with E-state index in [4.69, 9.17) is 0 Å². The Bertz CT molecular complexity index is 622. The van der Waals surface area contributed by atoms with E-state index in [-0.39, 0.29) is 17.7 Å². The molecule has 4 heteroatoms. The van der Waals surface area contributed by atoms with Crippen LogP contribution in [0.25, 0.3) is 0 Å². The van der Waals surface area contributed by atoms with Gasteiger partial charge in [-0.1, -0.05) is 24.3 Å². The van der Waals surface area contributed by atoms with Crippen LogP contribution < -0.4 is 4.90 Å². The van der Waals surface area contributed by atoms with E-state index in [2.05, 4.69) is 0 Å². The summed E-state index contributed by atoms with van der Waals surface area (Å²) in [5, 5.41) is 9.45. The van der Waals surface area contributed by atoms with Crippen LogP contribution in [0.4, 0.5) is 5.69 Å². The number of nitrogens with zero attached hydrogens (tertiary/aromatic N) is 1. The molecule has 1 amide bonds. The van der Waals surface area contributed by atoms with Gasteiger partial charge in [-0.05, 0) is 42.9 Å². The fourth-order valence-electron chi connectivity index (χ4n) is 3.68. The van der Waals surface area contributed by atoms with Gasteiger partial charge in [-0.3, -0.25) is 9.59 Å². The summed E-state index contributed by atoms with van der Waals surface area (Å²) >= 11 is 0. The minimum atomic E-state index is -0.858. The second-order valence-corrected chi connectivity index (χ2v) is 6.07. The van der Waals surface area contributed by atoms with Crippen LogP contribution in [0.5, 0.6) is 0 Å². The number of carbonyl (C=O) groups excluding carboxylic acids is 1. The Morgan fingerprint density at radius 2 is 1.86 bits per heavy atom. The molecule has 0 saturated heterocycles. The van der Waals surface area contributed by atoms with Crippen molar-refractivity contribution in [1.82, 2.24) is 0 Å². The van der Waals surface area contributed by atoms with E-state index in [1.165, 1.54) is 0 Å². The predicted octanol–water partition coefficient (Wildman–Crippen LogP) is 2.48. The topological polar surface area (TPSA) is 57.6 Å². The minimum Gasteiger partial charge on any atom is -0.481 e. The lowest BCUT2D eigenvalue weighted by Crippen LogP contribution is -2.41. The number of hydrogen-bond donors (Lipinski definition) is 1. The summed E-state index contributed by atoms with van der Waals surface area (Å²) in [4.78, 5) is 25.9. The fourth-order valence-corrected chi connectivity index (χ4v) is 3.68. The zero-order chi connectivity index (χ0) is 15.1. The van der Waals surface area contributed by atoms with Gasteiger partial charge >= 0.3 is 5.97 Å². The van der Waals surface area contributed by atoms with Gasteiger partial charge in [0, 0.05) is 12.7 Å². The summed E-state index contributed by atoms with van der Waals surface area (Å²) in [5.41, 5.74) is 1.89. The number of carboxylic acid groups (broad SMARTS) is 1. The predicted molar refractivity (Wildman–Crippen MR) is 79.9 cm³/mol. The smallest absolute Gasteiger partial charge is 0.307 e. The zero-order valence-electron chi connectivity index (χ0n) is 12.2. The maximum atomic E-state index is 12.8. The van der Waals surface area contributed by atoms with Crippen molar-refractivity contribution in [2.75, 3.05) is 11.9 Å². The second-order valence-electron chi connectivity index (χ2n) is 6.07. The number of aliphatic carboxylic acids is 1. The highest BCUT2D eigenvalue weighted by Crippen LogP contribution is 2.48. The summed E-state index contributed by atoms with van der Waals surface area (Å²) in [7, 11) is 1.73. The molecule has 4 nitrogen and oxygen atoms in total. The molecule has 2 unspecified atom stereocenters. The molecule has 2 aliphatic carbocycles. The van der Waals surface area contributed by atoms with Crippen LogP contribution in [-0.2, 0) is 9.59 Å². The van der Waals surface area contributed by atoms with Gasteiger partial charge in [0.2, 0.25) is 5.91 Å². The quantitative estimate of drug-likeness (QED) is 0.868. The summed E-state index contributed by atoms with van der Waals surface area (Å²) < 4.78 is 0. The molecular formula is C17H19NO3. The van der Waals surface area contributed by atoms with Gasteiger partial charge in [-0.25, -0.2) is 0 Å². The first kappa shape index (κ1) is 13.9. The number of fused-ring (bicyclic) bond motifs is 2. The average Bonchev–Trinajstić information content (AvgIpc) is 3.06. The van der Waals surface area contributed by atoms with Crippen molar-refractivity contribution in [3.8, 4) is 0 Å². The van der Waals surface area contributed by atoms with Gasteiger partial charge in [0.05, 0.1) is 11.8 Å². The molecule has 0 heterocycles. The maximum absolute atomic E-state index is 12.8. The zero-order valence-corrected chi connectivity index (χ0v) is 12.2. The van der Waals surface area contributed by atoms with Crippen LogP contribution in [0, 0.1) is 30.6 Å². The van der Waals surface area contributed by atoms with E-state index in [9.17, 15) is 14.7 Å². The van der Waals surface area contributed by atoms with Crippen LogP contribution in [-0.4, -0.2) is 24.0 Å². The fraction of sp³-hybridized carbons (Fsp3) is 0.412. The van der Waals surface area contributed by atoms with Crippen LogP contribution in [0.2, 0.25) is 0 Å². The highest BCUT2D eigenvalue weighted by molar-refractivity contribution is 5.98. The van der Waals surface area contributed by atoms with Crippen LogP contribution in [0.1, 0.15) is 12.0 Å². The molecule has 0 spiro atoms. The SMILES string of the molecule is Cc1cccc(N(C)C(=O)[C@H]2C3C=CC(C3)[C@H]2C(=O)O)c1. The lowest BCUT2D eigenvalue weighted by atomic mass is 9.82. The Morgan fingerprint density at radius 1 is 1.19 bits per heavy atom. The van der Waals surface area contributed by atoms with Crippen molar-refractivity contribution in [1.29, 1.82) is 0 Å².